The third-order valence-electron chi connectivity index (χ3n) is 1.66. The molecule has 0 radical (unpaired) electrons. The minimum atomic E-state index is 0.432. The molecule has 1 aromatic carbocycles. The van der Waals surface area contributed by atoms with Crippen LogP contribution in [0.4, 0.5) is 0 Å². The van der Waals surface area contributed by atoms with Crippen molar-refractivity contribution in [3.8, 4) is 5.75 Å². The maximum Gasteiger partial charge on any atom is 0.151 e. The molecule has 0 amide bonds. The van der Waals surface area contributed by atoms with Crippen LogP contribution in [0.3, 0.4) is 0 Å². The van der Waals surface area contributed by atoms with E-state index < -0.39 is 0 Å². The van der Waals surface area contributed by atoms with E-state index in [9.17, 15) is 4.79 Å². The molecule has 1 aromatic rings. The minimum absolute atomic E-state index is 0.432. The van der Waals surface area contributed by atoms with Crippen LogP contribution in [0.25, 0.3) is 0 Å². The molecule has 0 aliphatic heterocycles. The van der Waals surface area contributed by atoms with Crippen LogP contribution in [0.1, 0.15) is 15.9 Å². The molecule has 0 aliphatic carbocycles. The van der Waals surface area contributed by atoms with Gasteiger partial charge in [-0.25, -0.2) is 0 Å². The second-order valence-corrected chi connectivity index (χ2v) is 2.86. The van der Waals surface area contributed by atoms with Crippen molar-refractivity contribution in [1.29, 1.82) is 0 Å². The van der Waals surface area contributed by atoms with E-state index in [1.807, 2.05) is 6.92 Å². The van der Waals surface area contributed by atoms with E-state index in [0.717, 1.165) is 11.8 Å². The molecule has 1 rings (SSSR count). The lowest BCUT2D eigenvalue weighted by molar-refractivity contribution is 0.112. The molecule has 0 aliphatic rings. The first-order chi connectivity index (χ1) is 5.69. The SMILES string of the molecule is COc1cc(C)c(C=O)c(Cl)c1. The lowest BCUT2D eigenvalue weighted by Gasteiger charge is -2.04. The monoisotopic (exact) mass is 184 g/mol. The van der Waals surface area contributed by atoms with Crippen LogP contribution in [0.5, 0.6) is 5.75 Å². The molecular formula is C9H9ClO2. The molecule has 0 fully saturated rings. The van der Waals surface area contributed by atoms with Crippen LogP contribution >= 0.6 is 11.6 Å². The third-order valence-corrected chi connectivity index (χ3v) is 1.98. The summed E-state index contributed by atoms with van der Waals surface area (Å²) < 4.78 is 4.97. The number of halogens is 1. The number of aldehydes is 1. The van der Waals surface area contributed by atoms with Gasteiger partial charge in [-0.15, -0.1) is 0 Å². The smallest absolute Gasteiger partial charge is 0.151 e. The van der Waals surface area contributed by atoms with Gasteiger partial charge in [0, 0.05) is 5.56 Å². The van der Waals surface area contributed by atoms with Crippen molar-refractivity contribution in [3.05, 3.63) is 28.3 Å². The molecule has 0 atom stereocenters. The molecular weight excluding hydrogens is 176 g/mol. The van der Waals surface area contributed by atoms with Crippen molar-refractivity contribution < 1.29 is 9.53 Å². The first kappa shape index (κ1) is 9.07. The number of hydrogen-bond acceptors (Lipinski definition) is 2. The van der Waals surface area contributed by atoms with E-state index in [1.54, 1.807) is 19.2 Å². The molecule has 0 aromatic heterocycles. The van der Waals surface area contributed by atoms with E-state index in [-0.39, 0.29) is 0 Å². The van der Waals surface area contributed by atoms with Crippen LogP contribution < -0.4 is 4.74 Å². The second kappa shape index (κ2) is 3.59. The normalized spacial score (nSPS) is 9.58. The number of ether oxygens (including phenoxy) is 1. The van der Waals surface area contributed by atoms with Gasteiger partial charge in [0.2, 0.25) is 0 Å². The summed E-state index contributed by atoms with van der Waals surface area (Å²) in [6.45, 7) is 1.82. The van der Waals surface area contributed by atoms with Gasteiger partial charge in [-0.3, -0.25) is 4.79 Å². The Kier molecular flexibility index (Phi) is 2.71. The van der Waals surface area contributed by atoms with Crippen LogP contribution in [0, 0.1) is 6.92 Å². The van der Waals surface area contributed by atoms with E-state index in [0.29, 0.717) is 16.3 Å². The number of rotatable bonds is 2. The molecule has 3 heteroatoms. The number of carbonyl (C=O) groups excluding carboxylic acids is 1. The number of carbonyl (C=O) groups is 1. The van der Waals surface area contributed by atoms with Crippen LogP contribution in [-0.4, -0.2) is 13.4 Å². The lowest BCUT2D eigenvalue weighted by atomic mass is 10.1. The van der Waals surface area contributed by atoms with Gasteiger partial charge >= 0.3 is 0 Å². The Bertz CT molecular complexity index is 284. The highest BCUT2D eigenvalue weighted by Gasteiger charge is 2.04. The zero-order valence-corrected chi connectivity index (χ0v) is 7.68. The molecule has 64 valence electrons. The van der Waals surface area contributed by atoms with Crippen molar-refractivity contribution in [1.82, 2.24) is 0 Å². The largest absolute Gasteiger partial charge is 0.497 e. The summed E-state index contributed by atoms with van der Waals surface area (Å²) in [5.41, 5.74) is 1.35. The summed E-state index contributed by atoms with van der Waals surface area (Å²) >= 11 is 5.80. The van der Waals surface area contributed by atoms with E-state index in [2.05, 4.69) is 0 Å². The number of methoxy groups -OCH3 is 1. The number of aryl methyl sites for hydroxylation is 1. The highest BCUT2D eigenvalue weighted by molar-refractivity contribution is 6.33. The standard InChI is InChI=1S/C9H9ClO2/c1-6-3-7(12-2)4-9(10)8(6)5-11/h3-5H,1-2H3. The summed E-state index contributed by atoms with van der Waals surface area (Å²) in [6, 6.07) is 3.40. The van der Waals surface area contributed by atoms with Crippen molar-refractivity contribution >= 4 is 17.9 Å². The zero-order chi connectivity index (χ0) is 9.14. The van der Waals surface area contributed by atoms with E-state index in [1.165, 1.54) is 0 Å². The summed E-state index contributed by atoms with van der Waals surface area (Å²) in [7, 11) is 1.56. The predicted molar refractivity (Wildman–Crippen MR) is 48.1 cm³/mol. The Morgan fingerprint density at radius 1 is 1.50 bits per heavy atom. The Labute approximate surface area is 76.1 Å². The third kappa shape index (κ3) is 1.59. The van der Waals surface area contributed by atoms with Gasteiger partial charge in [-0.2, -0.15) is 0 Å². The molecule has 0 saturated carbocycles. The molecule has 0 unspecified atom stereocenters. The topological polar surface area (TPSA) is 26.3 Å². The maximum atomic E-state index is 10.5. The number of benzene rings is 1. The fourth-order valence-electron chi connectivity index (χ4n) is 0.991. The highest BCUT2D eigenvalue weighted by Crippen LogP contribution is 2.24. The van der Waals surface area contributed by atoms with Gasteiger partial charge < -0.3 is 4.74 Å². The quantitative estimate of drug-likeness (QED) is 0.660. The molecule has 0 heterocycles. The van der Waals surface area contributed by atoms with Gasteiger partial charge in [0.15, 0.2) is 6.29 Å². The summed E-state index contributed by atoms with van der Waals surface area (Å²) in [4.78, 5) is 10.5. The average molecular weight is 185 g/mol. The second-order valence-electron chi connectivity index (χ2n) is 2.46. The van der Waals surface area contributed by atoms with E-state index >= 15 is 0 Å². The molecule has 12 heavy (non-hydrogen) atoms. The summed E-state index contributed by atoms with van der Waals surface area (Å²) in [6.07, 6.45) is 0.747. The predicted octanol–water partition coefficient (Wildman–Crippen LogP) is 2.47. The van der Waals surface area contributed by atoms with Crippen LogP contribution in [0.15, 0.2) is 12.1 Å². The first-order valence-electron chi connectivity index (χ1n) is 3.48. The summed E-state index contributed by atoms with van der Waals surface area (Å²) in [5, 5.41) is 0.432. The summed E-state index contributed by atoms with van der Waals surface area (Å²) in [5.74, 6) is 0.670. The highest BCUT2D eigenvalue weighted by atomic mass is 35.5. The lowest BCUT2D eigenvalue weighted by Crippen LogP contribution is -1.90. The first-order valence-corrected chi connectivity index (χ1v) is 3.86. The Morgan fingerprint density at radius 2 is 2.17 bits per heavy atom. The van der Waals surface area contributed by atoms with Gasteiger partial charge in [0.25, 0.3) is 0 Å². The van der Waals surface area contributed by atoms with Crippen LogP contribution in [-0.2, 0) is 0 Å². The van der Waals surface area contributed by atoms with Gasteiger partial charge in [-0.1, -0.05) is 11.6 Å². The fourth-order valence-corrected chi connectivity index (χ4v) is 1.29. The maximum absolute atomic E-state index is 10.5. The van der Waals surface area contributed by atoms with Gasteiger partial charge in [-0.05, 0) is 24.6 Å². The van der Waals surface area contributed by atoms with Crippen molar-refractivity contribution in [2.45, 2.75) is 6.92 Å². The molecule has 0 N–H and O–H groups in total. The Hall–Kier alpha value is -1.02. The number of hydrogen-bond donors (Lipinski definition) is 0. The Balaban J connectivity index is 3.27. The van der Waals surface area contributed by atoms with Crippen molar-refractivity contribution in [2.75, 3.05) is 7.11 Å². The Morgan fingerprint density at radius 3 is 2.58 bits per heavy atom. The zero-order valence-electron chi connectivity index (χ0n) is 6.93. The molecule has 2 nitrogen and oxygen atoms in total. The molecule has 0 spiro atoms. The molecule has 0 saturated heterocycles. The van der Waals surface area contributed by atoms with Crippen molar-refractivity contribution in [3.63, 3.8) is 0 Å². The fraction of sp³-hybridized carbons (Fsp3) is 0.222. The minimum Gasteiger partial charge on any atom is -0.497 e. The van der Waals surface area contributed by atoms with Crippen LogP contribution in [0.2, 0.25) is 5.02 Å². The van der Waals surface area contributed by atoms with E-state index in [4.69, 9.17) is 16.3 Å². The van der Waals surface area contributed by atoms with Crippen molar-refractivity contribution in [2.24, 2.45) is 0 Å². The van der Waals surface area contributed by atoms with Gasteiger partial charge in [0.1, 0.15) is 5.75 Å². The van der Waals surface area contributed by atoms with Gasteiger partial charge in [0.05, 0.1) is 12.1 Å². The molecule has 0 bridgehead atoms. The average Bonchev–Trinajstić information content (AvgIpc) is 2.03.